The molecule has 1 aromatic rings. The molecule has 0 aliphatic heterocycles. The fraction of sp³-hybridized carbons (Fsp3) is 0.250. The molecule has 0 atom stereocenters. The minimum absolute atomic E-state index is 0.123. The van der Waals surface area contributed by atoms with Gasteiger partial charge in [0.1, 0.15) is 11.6 Å². The summed E-state index contributed by atoms with van der Waals surface area (Å²) in [6.07, 6.45) is 1.68. The van der Waals surface area contributed by atoms with Crippen molar-refractivity contribution < 1.29 is 13.6 Å². The molecule has 0 saturated carbocycles. The monoisotopic (exact) mass is 205 g/mol. The van der Waals surface area contributed by atoms with Crippen molar-refractivity contribution in [1.29, 1.82) is 0 Å². The Morgan fingerprint density at radius 3 is 2.62 bits per heavy atom. The average molecular weight is 205 g/mol. The van der Waals surface area contributed by atoms with Crippen molar-refractivity contribution in [2.24, 2.45) is 5.90 Å². The highest BCUT2D eigenvalue weighted by Crippen LogP contribution is 2.22. The molecule has 0 amide bonds. The number of rotatable bonds is 3. The quantitative estimate of drug-likeness (QED) is 0.606. The molecule has 13 heavy (non-hydrogen) atoms. The first-order valence-corrected chi connectivity index (χ1v) is 4.75. The van der Waals surface area contributed by atoms with Gasteiger partial charge in [-0.15, -0.1) is 11.8 Å². The Morgan fingerprint density at radius 2 is 2.08 bits per heavy atom. The van der Waals surface area contributed by atoms with Crippen LogP contribution in [0.3, 0.4) is 0 Å². The second-order valence-corrected chi connectivity index (χ2v) is 3.24. The number of hydrogen-bond acceptors (Lipinski definition) is 3. The lowest BCUT2D eigenvalue weighted by Crippen LogP contribution is -2.02. The van der Waals surface area contributed by atoms with Crippen LogP contribution in [0.1, 0.15) is 5.56 Å². The van der Waals surface area contributed by atoms with Gasteiger partial charge in [-0.05, 0) is 18.4 Å². The summed E-state index contributed by atoms with van der Waals surface area (Å²) in [5.74, 6) is 3.79. The minimum Gasteiger partial charge on any atom is -0.300 e. The van der Waals surface area contributed by atoms with Gasteiger partial charge < -0.3 is 0 Å². The second kappa shape index (κ2) is 4.55. The summed E-state index contributed by atoms with van der Waals surface area (Å²) < 4.78 is 26.2. The van der Waals surface area contributed by atoms with Gasteiger partial charge in [-0.2, -0.15) is 0 Å². The lowest BCUT2D eigenvalue weighted by atomic mass is 10.2. The maximum atomic E-state index is 13.1. The van der Waals surface area contributed by atoms with Crippen molar-refractivity contribution in [2.45, 2.75) is 11.5 Å². The smallest absolute Gasteiger partial charge is 0.137 e. The molecule has 0 aromatic heterocycles. The number of benzene rings is 1. The second-order valence-electron chi connectivity index (χ2n) is 2.39. The third-order valence-electron chi connectivity index (χ3n) is 1.56. The summed E-state index contributed by atoms with van der Waals surface area (Å²) in [5.41, 5.74) is 0.123. The third kappa shape index (κ3) is 2.40. The lowest BCUT2D eigenvalue weighted by Gasteiger charge is -2.04. The van der Waals surface area contributed by atoms with E-state index in [0.29, 0.717) is 0 Å². The SMILES string of the molecule is CSc1cc(F)c(CON)cc1F. The van der Waals surface area contributed by atoms with Crippen LogP contribution in [-0.2, 0) is 11.4 Å². The van der Waals surface area contributed by atoms with Crippen LogP contribution in [0.25, 0.3) is 0 Å². The molecule has 0 saturated heterocycles. The maximum absolute atomic E-state index is 13.1. The first-order chi connectivity index (χ1) is 6.19. The van der Waals surface area contributed by atoms with Crippen LogP contribution < -0.4 is 5.90 Å². The molecular formula is C8H9F2NOS. The van der Waals surface area contributed by atoms with E-state index in [1.807, 2.05) is 0 Å². The summed E-state index contributed by atoms with van der Waals surface area (Å²) in [5, 5.41) is 0. The molecule has 0 fully saturated rings. The Morgan fingerprint density at radius 1 is 1.38 bits per heavy atom. The number of thioether (sulfide) groups is 1. The number of nitrogens with two attached hydrogens (primary N) is 1. The van der Waals surface area contributed by atoms with Crippen LogP contribution >= 0.6 is 11.8 Å². The highest BCUT2D eigenvalue weighted by molar-refractivity contribution is 7.98. The van der Waals surface area contributed by atoms with Gasteiger partial charge >= 0.3 is 0 Å². The molecule has 0 bridgehead atoms. The Bertz CT molecular complexity index is 306. The van der Waals surface area contributed by atoms with Crippen molar-refractivity contribution in [2.75, 3.05) is 6.26 Å². The summed E-state index contributed by atoms with van der Waals surface area (Å²) >= 11 is 1.15. The van der Waals surface area contributed by atoms with Gasteiger partial charge in [0.05, 0.1) is 6.61 Å². The molecule has 0 radical (unpaired) electrons. The van der Waals surface area contributed by atoms with Gasteiger partial charge in [-0.3, -0.25) is 4.84 Å². The van der Waals surface area contributed by atoms with Crippen LogP contribution in [-0.4, -0.2) is 6.26 Å². The topological polar surface area (TPSA) is 35.2 Å². The summed E-state index contributed by atoms with van der Waals surface area (Å²) in [4.78, 5) is 4.50. The van der Waals surface area contributed by atoms with Gasteiger partial charge in [0, 0.05) is 10.5 Å². The Hall–Kier alpha value is -0.650. The van der Waals surface area contributed by atoms with Crippen LogP contribution in [0.4, 0.5) is 8.78 Å². The van der Waals surface area contributed by atoms with E-state index in [-0.39, 0.29) is 17.1 Å². The molecular weight excluding hydrogens is 196 g/mol. The lowest BCUT2D eigenvalue weighted by molar-refractivity contribution is 0.121. The van der Waals surface area contributed by atoms with Crippen LogP contribution in [0.5, 0.6) is 0 Å². The fourth-order valence-electron chi connectivity index (χ4n) is 0.927. The van der Waals surface area contributed by atoms with E-state index in [1.165, 1.54) is 0 Å². The van der Waals surface area contributed by atoms with Crippen LogP contribution in [0, 0.1) is 11.6 Å². The van der Waals surface area contributed by atoms with Gasteiger partial charge in [0.15, 0.2) is 0 Å². The Kier molecular flexibility index (Phi) is 3.65. The molecule has 1 aromatic carbocycles. The maximum Gasteiger partial charge on any atom is 0.137 e. The van der Waals surface area contributed by atoms with Crippen molar-refractivity contribution in [3.8, 4) is 0 Å². The summed E-state index contributed by atoms with van der Waals surface area (Å²) in [7, 11) is 0. The molecule has 0 heterocycles. The molecule has 1 rings (SSSR count). The highest BCUT2D eigenvalue weighted by atomic mass is 32.2. The standard InChI is InChI=1S/C8H9F2NOS/c1-13-8-3-6(9)5(4-12-11)2-7(8)10/h2-3H,4,11H2,1H3. The van der Waals surface area contributed by atoms with Gasteiger partial charge in [-0.25, -0.2) is 14.7 Å². The molecule has 0 aliphatic rings. The predicted molar refractivity (Wildman–Crippen MR) is 47.1 cm³/mol. The third-order valence-corrected chi connectivity index (χ3v) is 2.31. The predicted octanol–water partition coefficient (Wildman–Crippen LogP) is 2.08. The van der Waals surface area contributed by atoms with Gasteiger partial charge in [0.2, 0.25) is 0 Å². The van der Waals surface area contributed by atoms with E-state index in [0.717, 1.165) is 23.9 Å². The molecule has 72 valence electrons. The minimum atomic E-state index is -0.504. The van der Waals surface area contributed by atoms with Crippen molar-refractivity contribution >= 4 is 11.8 Å². The van der Waals surface area contributed by atoms with Gasteiger partial charge in [-0.1, -0.05) is 0 Å². The van der Waals surface area contributed by atoms with E-state index in [2.05, 4.69) is 4.84 Å². The molecule has 2 nitrogen and oxygen atoms in total. The number of halogens is 2. The first-order valence-electron chi connectivity index (χ1n) is 3.52. The fourth-order valence-corrected chi connectivity index (χ4v) is 1.40. The van der Waals surface area contributed by atoms with E-state index < -0.39 is 11.6 Å². The van der Waals surface area contributed by atoms with E-state index in [9.17, 15) is 8.78 Å². The zero-order chi connectivity index (χ0) is 9.84. The molecule has 2 N–H and O–H groups in total. The molecule has 5 heteroatoms. The molecule has 0 unspecified atom stereocenters. The van der Waals surface area contributed by atoms with Crippen molar-refractivity contribution in [1.82, 2.24) is 0 Å². The van der Waals surface area contributed by atoms with E-state index in [1.54, 1.807) is 6.26 Å². The van der Waals surface area contributed by atoms with Crippen molar-refractivity contribution in [3.63, 3.8) is 0 Å². The van der Waals surface area contributed by atoms with E-state index in [4.69, 9.17) is 5.90 Å². The van der Waals surface area contributed by atoms with Crippen LogP contribution in [0.2, 0.25) is 0 Å². The average Bonchev–Trinajstić information content (AvgIpc) is 2.11. The Labute approximate surface area is 79.0 Å². The normalized spacial score (nSPS) is 10.5. The van der Waals surface area contributed by atoms with E-state index >= 15 is 0 Å². The largest absolute Gasteiger partial charge is 0.300 e. The zero-order valence-electron chi connectivity index (χ0n) is 7.01. The van der Waals surface area contributed by atoms with Crippen molar-refractivity contribution in [3.05, 3.63) is 29.3 Å². The Balaban J connectivity index is 3.05. The first kappa shape index (κ1) is 10.4. The summed E-state index contributed by atoms with van der Waals surface area (Å²) in [6, 6.07) is 2.22. The summed E-state index contributed by atoms with van der Waals surface area (Å²) in [6.45, 7) is -0.128. The van der Waals surface area contributed by atoms with Crippen LogP contribution in [0.15, 0.2) is 17.0 Å². The molecule has 0 spiro atoms. The molecule has 0 aliphatic carbocycles. The zero-order valence-corrected chi connectivity index (χ0v) is 7.83. The van der Waals surface area contributed by atoms with Gasteiger partial charge in [0.25, 0.3) is 0 Å². The highest BCUT2D eigenvalue weighted by Gasteiger charge is 2.08. The number of hydrogen-bond donors (Lipinski definition) is 1.